The molecule has 0 aliphatic carbocycles. The first-order valence-electron chi connectivity index (χ1n) is 5.58. The largest absolute Gasteiger partial charge is 0.369 e. The van der Waals surface area contributed by atoms with E-state index < -0.39 is 9.84 Å². The number of hydrogen-bond acceptors (Lipinski definition) is 4. The van der Waals surface area contributed by atoms with Crippen molar-refractivity contribution in [3.8, 4) is 6.07 Å². The van der Waals surface area contributed by atoms with Crippen molar-refractivity contribution in [3.05, 3.63) is 22.7 Å². The van der Waals surface area contributed by atoms with Gasteiger partial charge in [0.2, 0.25) is 0 Å². The van der Waals surface area contributed by atoms with Crippen LogP contribution in [0.2, 0.25) is 0 Å². The summed E-state index contributed by atoms with van der Waals surface area (Å²) < 4.78 is 25.2. The zero-order valence-electron chi connectivity index (χ0n) is 9.93. The van der Waals surface area contributed by atoms with Crippen LogP contribution in [0.15, 0.2) is 27.6 Å². The maximum Gasteiger partial charge on any atom is 0.182 e. The smallest absolute Gasteiger partial charge is 0.182 e. The number of hydrogen-bond donors (Lipinski definition) is 0. The molecule has 0 N–H and O–H groups in total. The summed E-state index contributed by atoms with van der Waals surface area (Å²) in [4.78, 5) is 2.32. The van der Waals surface area contributed by atoms with E-state index in [1.54, 1.807) is 12.1 Å². The van der Waals surface area contributed by atoms with Gasteiger partial charge in [-0.25, -0.2) is 8.42 Å². The molecule has 4 nitrogen and oxygen atoms in total. The van der Waals surface area contributed by atoms with E-state index in [-0.39, 0.29) is 11.8 Å². The van der Waals surface area contributed by atoms with Crippen molar-refractivity contribution in [1.82, 2.24) is 0 Å². The van der Waals surface area contributed by atoms with Gasteiger partial charge in [0.05, 0.1) is 22.4 Å². The van der Waals surface area contributed by atoms with Crippen molar-refractivity contribution >= 4 is 31.5 Å². The van der Waals surface area contributed by atoms with Crippen molar-refractivity contribution in [2.75, 3.05) is 17.7 Å². The summed E-state index contributed by atoms with van der Waals surface area (Å²) in [5.41, 5.74) is 0.701. The van der Waals surface area contributed by atoms with Crippen LogP contribution in [0.5, 0.6) is 0 Å². The maximum absolute atomic E-state index is 12.2. The quantitative estimate of drug-likeness (QED) is 0.836. The Kier molecular flexibility index (Phi) is 3.64. The van der Waals surface area contributed by atoms with Crippen LogP contribution < -0.4 is 4.90 Å². The van der Waals surface area contributed by atoms with Gasteiger partial charge in [0, 0.05) is 24.0 Å². The molecule has 2 rings (SSSR count). The number of benzene rings is 1. The molecule has 0 spiro atoms. The molecule has 0 bridgehead atoms. The van der Waals surface area contributed by atoms with Crippen LogP contribution in [0.3, 0.4) is 0 Å². The number of nitrogens with zero attached hydrogens (tertiary/aromatic N) is 2. The molecule has 1 unspecified atom stereocenters. The highest BCUT2D eigenvalue weighted by atomic mass is 79.9. The predicted octanol–water partition coefficient (Wildman–Crippen LogP) is 2.34. The average molecular weight is 329 g/mol. The Morgan fingerprint density at radius 1 is 1.56 bits per heavy atom. The number of anilines is 1. The number of halogens is 1. The summed E-state index contributed by atoms with van der Waals surface area (Å²) in [6.07, 6.45) is 0.928. The second-order valence-electron chi connectivity index (χ2n) is 4.33. The highest BCUT2D eigenvalue weighted by Gasteiger charge is 2.34. The van der Waals surface area contributed by atoms with Crippen molar-refractivity contribution in [3.63, 3.8) is 0 Å². The lowest BCUT2D eigenvalue weighted by Gasteiger charge is -2.36. The number of rotatable bonds is 2. The molecule has 1 aromatic rings. The Labute approximate surface area is 115 Å². The first kappa shape index (κ1) is 13.4. The minimum Gasteiger partial charge on any atom is -0.369 e. The van der Waals surface area contributed by atoms with Crippen molar-refractivity contribution in [1.29, 1.82) is 5.26 Å². The molecule has 1 atom stereocenters. The third-order valence-electron chi connectivity index (χ3n) is 3.19. The number of fused-ring (bicyclic) bond motifs is 1. The average Bonchev–Trinajstić information content (AvgIpc) is 2.32. The Balaban J connectivity index is 2.50. The van der Waals surface area contributed by atoms with Gasteiger partial charge < -0.3 is 4.90 Å². The molecule has 0 saturated heterocycles. The lowest BCUT2D eigenvalue weighted by molar-refractivity contribution is 0.560. The van der Waals surface area contributed by atoms with E-state index in [0.717, 1.165) is 4.47 Å². The standard InChI is InChI=1S/C12H13BrN2O2S/c1-15-9(4-3-7-14)8-18(16,17)11-6-2-5-10(13)12(11)15/h2,5-6,9H,3-4,8H2,1H3. The van der Waals surface area contributed by atoms with Gasteiger partial charge in [-0.15, -0.1) is 0 Å². The minimum absolute atomic E-state index is 0.0780. The summed E-state index contributed by atoms with van der Waals surface area (Å²) in [7, 11) is -1.38. The molecule has 0 aromatic heterocycles. The molecule has 1 aromatic carbocycles. The van der Waals surface area contributed by atoms with E-state index in [9.17, 15) is 8.42 Å². The molecule has 1 aliphatic heterocycles. The predicted molar refractivity (Wildman–Crippen MR) is 73.2 cm³/mol. The molecule has 6 heteroatoms. The van der Waals surface area contributed by atoms with E-state index in [1.165, 1.54) is 0 Å². The first-order valence-corrected chi connectivity index (χ1v) is 8.03. The Morgan fingerprint density at radius 3 is 2.94 bits per heavy atom. The summed E-state index contributed by atoms with van der Waals surface area (Å²) in [5, 5.41) is 8.64. The molecule has 0 amide bonds. The van der Waals surface area contributed by atoms with Crippen LogP contribution in [-0.2, 0) is 9.84 Å². The third-order valence-corrected chi connectivity index (χ3v) is 5.65. The molecular weight excluding hydrogens is 316 g/mol. The second-order valence-corrected chi connectivity index (χ2v) is 7.19. The summed E-state index contributed by atoms with van der Waals surface area (Å²) >= 11 is 3.40. The maximum atomic E-state index is 12.2. The fourth-order valence-corrected chi connectivity index (χ4v) is 4.92. The summed E-state index contributed by atoms with van der Waals surface area (Å²) in [5.74, 6) is 0.0780. The highest BCUT2D eigenvalue weighted by Crippen LogP contribution is 2.38. The van der Waals surface area contributed by atoms with Crippen molar-refractivity contribution in [2.24, 2.45) is 0 Å². The molecule has 96 valence electrons. The normalized spacial score (nSPS) is 21.2. The molecule has 18 heavy (non-hydrogen) atoms. The SMILES string of the molecule is CN1c2c(Br)cccc2S(=O)(=O)CC1CCC#N. The number of sulfone groups is 1. The van der Waals surface area contributed by atoms with Crippen LogP contribution >= 0.6 is 15.9 Å². The van der Waals surface area contributed by atoms with Gasteiger partial charge in [0.1, 0.15) is 0 Å². The van der Waals surface area contributed by atoms with Crippen LogP contribution in [-0.4, -0.2) is 27.3 Å². The number of nitriles is 1. The van der Waals surface area contributed by atoms with Gasteiger partial charge in [-0.1, -0.05) is 6.07 Å². The molecule has 0 saturated carbocycles. The zero-order chi connectivity index (χ0) is 13.3. The Bertz CT molecular complexity index is 607. The van der Waals surface area contributed by atoms with Crippen molar-refractivity contribution < 1.29 is 8.42 Å². The monoisotopic (exact) mass is 328 g/mol. The van der Waals surface area contributed by atoms with E-state index >= 15 is 0 Å². The number of para-hydroxylation sites is 1. The lowest BCUT2D eigenvalue weighted by Crippen LogP contribution is -2.42. The minimum atomic E-state index is -3.26. The Hall–Kier alpha value is -1.06. The van der Waals surface area contributed by atoms with Crippen molar-refractivity contribution in [2.45, 2.75) is 23.8 Å². The van der Waals surface area contributed by atoms with Gasteiger partial charge in [0.25, 0.3) is 0 Å². The lowest BCUT2D eigenvalue weighted by atomic mass is 10.1. The van der Waals surface area contributed by atoms with Crippen LogP contribution in [0.4, 0.5) is 5.69 Å². The third kappa shape index (κ3) is 2.25. The molecule has 1 aliphatic rings. The fourth-order valence-electron chi connectivity index (χ4n) is 2.23. The van der Waals surface area contributed by atoms with Gasteiger partial charge in [0.15, 0.2) is 9.84 Å². The first-order chi connectivity index (χ1) is 8.47. The van der Waals surface area contributed by atoms with Gasteiger partial charge in [-0.3, -0.25) is 0 Å². The van der Waals surface area contributed by atoms with E-state index in [4.69, 9.17) is 5.26 Å². The molecule has 0 radical (unpaired) electrons. The second kappa shape index (κ2) is 4.90. The van der Waals surface area contributed by atoms with E-state index in [0.29, 0.717) is 23.4 Å². The van der Waals surface area contributed by atoms with E-state index in [1.807, 2.05) is 18.0 Å². The van der Waals surface area contributed by atoms with Gasteiger partial charge in [-0.2, -0.15) is 5.26 Å². The topological polar surface area (TPSA) is 61.2 Å². The van der Waals surface area contributed by atoms with E-state index in [2.05, 4.69) is 22.0 Å². The van der Waals surface area contributed by atoms with Gasteiger partial charge >= 0.3 is 0 Å². The van der Waals surface area contributed by atoms with Crippen LogP contribution in [0.25, 0.3) is 0 Å². The summed E-state index contributed by atoms with van der Waals surface area (Å²) in [6, 6.07) is 7.12. The molecule has 1 heterocycles. The molecular formula is C12H13BrN2O2S. The fraction of sp³-hybridized carbons (Fsp3) is 0.417. The summed E-state index contributed by atoms with van der Waals surface area (Å²) in [6.45, 7) is 0. The Morgan fingerprint density at radius 2 is 2.28 bits per heavy atom. The van der Waals surface area contributed by atoms with Crippen LogP contribution in [0, 0.1) is 11.3 Å². The highest BCUT2D eigenvalue weighted by molar-refractivity contribution is 9.10. The van der Waals surface area contributed by atoms with Gasteiger partial charge in [-0.05, 0) is 34.5 Å². The zero-order valence-corrected chi connectivity index (χ0v) is 12.3. The van der Waals surface area contributed by atoms with Crippen LogP contribution in [0.1, 0.15) is 12.8 Å². The molecule has 0 fully saturated rings.